The van der Waals surface area contributed by atoms with Crippen molar-refractivity contribution in [3.05, 3.63) is 105 Å². The Balaban J connectivity index is 1.39. The summed E-state index contributed by atoms with van der Waals surface area (Å²) in [6.07, 6.45) is 1.58. The van der Waals surface area contributed by atoms with E-state index in [2.05, 4.69) is 47.7 Å². The molecule has 0 unspecified atom stereocenters. The van der Waals surface area contributed by atoms with Crippen LogP contribution in [0.15, 0.2) is 99.0 Å². The van der Waals surface area contributed by atoms with Gasteiger partial charge in [0.1, 0.15) is 12.4 Å². The maximum Gasteiger partial charge on any atom is 0.259 e. The molecule has 0 aliphatic rings. The number of halogens is 2. The van der Waals surface area contributed by atoms with Crippen molar-refractivity contribution in [1.29, 1.82) is 0 Å². The molecule has 4 rings (SSSR count). The minimum absolute atomic E-state index is 0.102. The zero-order chi connectivity index (χ0) is 23.0. The molecule has 0 atom stereocenters. The van der Waals surface area contributed by atoms with E-state index in [1.807, 2.05) is 84.9 Å². The number of benzene rings is 4. The van der Waals surface area contributed by atoms with Gasteiger partial charge in [0.05, 0.1) is 17.2 Å². The maximum absolute atomic E-state index is 12.3. The Morgan fingerprint density at radius 3 is 2.55 bits per heavy atom. The molecule has 0 aliphatic carbocycles. The van der Waals surface area contributed by atoms with Crippen LogP contribution in [0.1, 0.15) is 11.1 Å². The molecule has 33 heavy (non-hydrogen) atoms. The Morgan fingerprint density at radius 2 is 1.70 bits per heavy atom. The minimum atomic E-state index is -0.250. The van der Waals surface area contributed by atoms with E-state index < -0.39 is 0 Å². The number of rotatable bonds is 8. The van der Waals surface area contributed by atoms with Gasteiger partial charge in [-0.25, -0.2) is 5.43 Å². The predicted octanol–water partition coefficient (Wildman–Crippen LogP) is 6.51. The first-order chi connectivity index (χ1) is 16.1. The zero-order valence-corrected chi connectivity index (χ0v) is 20.8. The van der Waals surface area contributed by atoms with Gasteiger partial charge in [-0.15, -0.1) is 0 Å². The number of anilines is 1. The topological polar surface area (TPSA) is 62.7 Å². The molecule has 0 aromatic heterocycles. The predicted molar refractivity (Wildman–Crippen MR) is 141 cm³/mol. The smallest absolute Gasteiger partial charge is 0.259 e. The van der Waals surface area contributed by atoms with Gasteiger partial charge in [-0.3, -0.25) is 4.79 Å². The molecule has 0 spiro atoms. The van der Waals surface area contributed by atoms with Crippen LogP contribution in [0.4, 0.5) is 5.69 Å². The van der Waals surface area contributed by atoms with Crippen LogP contribution in [0, 0.1) is 0 Å². The van der Waals surface area contributed by atoms with Crippen LogP contribution in [-0.2, 0) is 11.4 Å². The lowest BCUT2D eigenvalue weighted by Gasteiger charge is -2.12. The monoisotopic (exact) mass is 565 g/mol. The van der Waals surface area contributed by atoms with Crippen LogP contribution < -0.4 is 15.5 Å². The lowest BCUT2D eigenvalue weighted by Crippen LogP contribution is -2.26. The molecule has 0 fully saturated rings. The summed E-state index contributed by atoms with van der Waals surface area (Å²) in [6.45, 7) is 0.522. The number of hydrazone groups is 1. The number of amides is 1. The minimum Gasteiger partial charge on any atom is -0.487 e. The molecule has 2 N–H and O–H groups in total. The summed E-state index contributed by atoms with van der Waals surface area (Å²) in [5.74, 6) is 0.397. The number of ether oxygens (including phenoxy) is 1. The van der Waals surface area contributed by atoms with Crippen molar-refractivity contribution in [1.82, 2.24) is 5.43 Å². The second kappa shape index (κ2) is 11.1. The third-order valence-corrected chi connectivity index (χ3v) is 5.93. The molecule has 0 bridgehead atoms. The Morgan fingerprint density at radius 1 is 0.939 bits per heavy atom. The van der Waals surface area contributed by atoms with Gasteiger partial charge < -0.3 is 10.1 Å². The van der Waals surface area contributed by atoms with Crippen molar-refractivity contribution in [3.63, 3.8) is 0 Å². The molecule has 0 radical (unpaired) electrons. The quantitative estimate of drug-likeness (QED) is 0.189. The fourth-order valence-electron chi connectivity index (χ4n) is 3.33. The van der Waals surface area contributed by atoms with Crippen molar-refractivity contribution in [2.24, 2.45) is 5.10 Å². The molecule has 0 saturated carbocycles. The van der Waals surface area contributed by atoms with Gasteiger partial charge in [-0.05, 0) is 45.1 Å². The van der Waals surface area contributed by atoms with E-state index in [1.54, 1.807) is 6.21 Å². The van der Waals surface area contributed by atoms with E-state index in [1.165, 1.54) is 0 Å². The van der Waals surface area contributed by atoms with Crippen molar-refractivity contribution >= 4 is 60.4 Å². The van der Waals surface area contributed by atoms with Gasteiger partial charge in [0.15, 0.2) is 0 Å². The first-order valence-corrected chi connectivity index (χ1v) is 11.9. The third-order valence-electron chi connectivity index (χ3n) is 4.89. The molecule has 4 aromatic carbocycles. The average Bonchev–Trinajstić information content (AvgIpc) is 2.82. The van der Waals surface area contributed by atoms with Gasteiger partial charge in [0.2, 0.25) is 0 Å². The first kappa shape index (κ1) is 23.0. The third kappa shape index (κ3) is 6.21. The Labute approximate surface area is 209 Å². The second-order valence-corrected chi connectivity index (χ2v) is 9.02. The maximum atomic E-state index is 12.3. The summed E-state index contributed by atoms with van der Waals surface area (Å²) < 4.78 is 7.69. The van der Waals surface area contributed by atoms with Crippen molar-refractivity contribution in [3.8, 4) is 5.75 Å². The fourth-order valence-corrected chi connectivity index (χ4v) is 4.70. The molecule has 7 heteroatoms. The van der Waals surface area contributed by atoms with Crippen LogP contribution in [-0.4, -0.2) is 18.7 Å². The number of carbonyl (C=O) groups is 1. The van der Waals surface area contributed by atoms with Crippen LogP contribution in [0.2, 0.25) is 0 Å². The Kier molecular flexibility index (Phi) is 7.75. The molecular formula is C26H21Br2N3O2. The molecule has 0 heterocycles. The number of hydrogen-bond acceptors (Lipinski definition) is 4. The van der Waals surface area contributed by atoms with Gasteiger partial charge in [0, 0.05) is 21.1 Å². The molecule has 0 saturated heterocycles. The first-order valence-electron chi connectivity index (χ1n) is 10.3. The van der Waals surface area contributed by atoms with E-state index in [9.17, 15) is 4.79 Å². The van der Waals surface area contributed by atoms with Gasteiger partial charge in [0.25, 0.3) is 5.91 Å². The normalized spacial score (nSPS) is 11.0. The van der Waals surface area contributed by atoms with E-state index in [4.69, 9.17) is 4.74 Å². The number of nitrogens with one attached hydrogen (secondary N) is 2. The highest BCUT2D eigenvalue weighted by atomic mass is 79.9. The Bertz CT molecular complexity index is 1290. The largest absolute Gasteiger partial charge is 0.487 e. The van der Waals surface area contributed by atoms with E-state index in [0.29, 0.717) is 12.4 Å². The van der Waals surface area contributed by atoms with Gasteiger partial charge >= 0.3 is 0 Å². The molecule has 0 aliphatic heterocycles. The highest BCUT2D eigenvalue weighted by Crippen LogP contribution is 2.32. The molecule has 5 nitrogen and oxygen atoms in total. The number of nitrogens with zero attached hydrogens (tertiary/aromatic N) is 1. The molecular weight excluding hydrogens is 546 g/mol. The van der Waals surface area contributed by atoms with Gasteiger partial charge in [-0.1, -0.05) is 82.7 Å². The summed E-state index contributed by atoms with van der Waals surface area (Å²) >= 11 is 7.04. The van der Waals surface area contributed by atoms with Crippen molar-refractivity contribution < 1.29 is 9.53 Å². The molecule has 166 valence electrons. The van der Waals surface area contributed by atoms with E-state index in [-0.39, 0.29) is 12.5 Å². The van der Waals surface area contributed by atoms with Crippen molar-refractivity contribution in [2.75, 3.05) is 11.9 Å². The van der Waals surface area contributed by atoms with E-state index in [0.717, 1.165) is 36.5 Å². The van der Waals surface area contributed by atoms with Gasteiger partial charge in [-0.2, -0.15) is 5.10 Å². The summed E-state index contributed by atoms with van der Waals surface area (Å²) in [4.78, 5) is 12.3. The highest BCUT2D eigenvalue weighted by Gasteiger charge is 2.10. The number of fused-ring (bicyclic) bond motifs is 1. The molecule has 1 amide bonds. The van der Waals surface area contributed by atoms with Crippen molar-refractivity contribution in [2.45, 2.75) is 6.61 Å². The van der Waals surface area contributed by atoms with Crippen LogP contribution in [0.25, 0.3) is 10.8 Å². The number of hydrogen-bond donors (Lipinski definition) is 2. The van der Waals surface area contributed by atoms with Crippen LogP contribution in [0.3, 0.4) is 0 Å². The lowest BCUT2D eigenvalue weighted by molar-refractivity contribution is -0.119. The number of carbonyl (C=O) groups excluding carboxylic acids is 1. The van der Waals surface area contributed by atoms with Crippen LogP contribution >= 0.6 is 31.9 Å². The Hall–Kier alpha value is -3.16. The average molecular weight is 567 g/mol. The molecule has 4 aromatic rings. The fraction of sp³-hybridized carbons (Fsp3) is 0.0769. The second-order valence-electron chi connectivity index (χ2n) is 7.25. The van der Waals surface area contributed by atoms with Crippen LogP contribution in [0.5, 0.6) is 5.75 Å². The standard InChI is InChI=1S/C26H21Br2N3O2/c27-21-13-20(26(23(28)14-21)33-17-18-7-2-1-3-8-18)15-30-31-25(32)16-29-24-12-6-10-19-9-4-5-11-22(19)24/h1-15,29H,16-17H2,(H,31,32)/b30-15-. The summed E-state index contributed by atoms with van der Waals surface area (Å²) in [7, 11) is 0. The summed E-state index contributed by atoms with van der Waals surface area (Å²) in [5, 5.41) is 9.49. The zero-order valence-electron chi connectivity index (χ0n) is 17.6. The summed E-state index contributed by atoms with van der Waals surface area (Å²) in [5.41, 5.74) is 5.26. The highest BCUT2D eigenvalue weighted by molar-refractivity contribution is 9.11. The SMILES string of the molecule is O=C(CNc1cccc2ccccc12)N/N=C\c1cc(Br)cc(Br)c1OCc1ccccc1. The lowest BCUT2D eigenvalue weighted by atomic mass is 10.1. The summed E-state index contributed by atoms with van der Waals surface area (Å²) in [6, 6.07) is 27.7. The van der Waals surface area contributed by atoms with E-state index >= 15 is 0 Å².